The highest BCUT2D eigenvalue weighted by atomic mass is 35.5. The number of aromatic amines is 1. The number of nitrogens with zero attached hydrogens (tertiary/aromatic N) is 3. The lowest BCUT2D eigenvalue weighted by atomic mass is 10.0. The Labute approximate surface area is 172 Å². The number of hydrogen-bond acceptors (Lipinski definition) is 5. The lowest BCUT2D eigenvalue weighted by Gasteiger charge is -2.07. The number of rotatable bonds is 4. The molecule has 0 fully saturated rings. The van der Waals surface area contributed by atoms with Crippen molar-refractivity contribution in [2.75, 3.05) is 19.4 Å². The molecule has 4 rings (SSSR count). The first-order valence-electron chi connectivity index (χ1n) is 9.03. The number of aromatic nitrogens is 4. The molecule has 4 heterocycles. The van der Waals surface area contributed by atoms with Crippen molar-refractivity contribution in [3.8, 4) is 22.4 Å². The number of H-pyrrole nitrogens is 1. The predicted molar refractivity (Wildman–Crippen MR) is 115 cm³/mol. The third-order valence-electron chi connectivity index (χ3n) is 4.70. The number of fused-ring (bicyclic) bond motifs is 1. The summed E-state index contributed by atoms with van der Waals surface area (Å²) >= 11 is 6.27. The summed E-state index contributed by atoms with van der Waals surface area (Å²) in [5.41, 5.74) is 5.97. The van der Waals surface area contributed by atoms with E-state index in [2.05, 4.69) is 30.6 Å². The minimum Gasteiger partial charge on any atom is -0.373 e. The molecular formula is C21H19ClN6O. The maximum atomic E-state index is 12.5. The van der Waals surface area contributed by atoms with Crippen molar-refractivity contribution in [3.63, 3.8) is 0 Å². The van der Waals surface area contributed by atoms with Crippen LogP contribution < -0.4 is 10.6 Å². The summed E-state index contributed by atoms with van der Waals surface area (Å²) < 4.78 is 0. The normalized spacial score (nSPS) is 10.9. The van der Waals surface area contributed by atoms with Gasteiger partial charge in [-0.15, -0.1) is 0 Å². The SMILES string of the molecule is CNC(=O)c1cc(Cl)nc2c(-c3ccc(C)nc3)c(-c3ccnc(NC)c3)[nH]c12. The molecule has 3 N–H and O–H groups in total. The van der Waals surface area contributed by atoms with Crippen LogP contribution in [0.1, 0.15) is 16.1 Å². The van der Waals surface area contributed by atoms with E-state index in [0.29, 0.717) is 16.6 Å². The van der Waals surface area contributed by atoms with Gasteiger partial charge in [-0.3, -0.25) is 9.78 Å². The van der Waals surface area contributed by atoms with E-state index in [4.69, 9.17) is 11.6 Å². The van der Waals surface area contributed by atoms with Gasteiger partial charge >= 0.3 is 0 Å². The summed E-state index contributed by atoms with van der Waals surface area (Å²) in [6.45, 7) is 1.93. The number of halogens is 1. The quantitative estimate of drug-likeness (QED) is 0.444. The van der Waals surface area contributed by atoms with E-state index in [9.17, 15) is 4.79 Å². The summed E-state index contributed by atoms with van der Waals surface area (Å²) in [7, 11) is 3.40. The van der Waals surface area contributed by atoms with Crippen molar-refractivity contribution in [1.82, 2.24) is 25.3 Å². The van der Waals surface area contributed by atoms with Crippen molar-refractivity contribution in [2.24, 2.45) is 0 Å². The highest BCUT2D eigenvalue weighted by Crippen LogP contribution is 2.39. The Balaban J connectivity index is 2.09. The fraction of sp³-hybridized carbons (Fsp3) is 0.143. The van der Waals surface area contributed by atoms with Gasteiger partial charge in [-0.2, -0.15) is 0 Å². The van der Waals surface area contributed by atoms with Crippen LogP contribution >= 0.6 is 11.6 Å². The van der Waals surface area contributed by atoms with Crippen molar-refractivity contribution in [1.29, 1.82) is 0 Å². The van der Waals surface area contributed by atoms with Crippen LogP contribution in [0.5, 0.6) is 0 Å². The second kappa shape index (κ2) is 7.52. The fourth-order valence-corrected chi connectivity index (χ4v) is 3.47. The van der Waals surface area contributed by atoms with Gasteiger partial charge in [-0.1, -0.05) is 17.7 Å². The molecule has 0 saturated carbocycles. The van der Waals surface area contributed by atoms with Crippen molar-refractivity contribution >= 4 is 34.4 Å². The standard InChI is InChI=1S/C21H19ClN6O/c1-11-4-5-13(10-26-11)17-18(12-6-7-25-16(8-12)23-2)28-19-14(21(29)24-3)9-15(22)27-20(17)19/h4-10,28H,1-3H3,(H,23,25)(H,24,29). The van der Waals surface area contributed by atoms with Gasteiger partial charge < -0.3 is 15.6 Å². The molecular weight excluding hydrogens is 388 g/mol. The van der Waals surface area contributed by atoms with E-state index in [1.54, 1.807) is 25.5 Å². The highest BCUT2D eigenvalue weighted by Gasteiger charge is 2.22. The van der Waals surface area contributed by atoms with Gasteiger partial charge in [0.05, 0.1) is 22.3 Å². The highest BCUT2D eigenvalue weighted by molar-refractivity contribution is 6.30. The van der Waals surface area contributed by atoms with Crippen LogP contribution in [0.2, 0.25) is 5.15 Å². The zero-order chi connectivity index (χ0) is 20.5. The number of hydrogen-bond donors (Lipinski definition) is 3. The number of carbonyl (C=O) groups excluding carboxylic acids is 1. The van der Waals surface area contributed by atoms with E-state index < -0.39 is 0 Å². The van der Waals surface area contributed by atoms with Gasteiger partial charge in [-0.05, 0) is 31.2 Å². The number of anilines is 1. The zero-order valence-corrected chi connectivity index (χ0v) is 16.9. The molecule has 146 valence electrons. The third-order valence-corrected chi connectivity index (χ3v) is 4.90. The average Bonchev–Trinajstić information content (AvgIpc) is 3.12. The van der Waals surface area contributed by atoms with Crippen LogP contribution in [0.3, 0.4) is 0 Å². The Bertz CT molecular complexity index is 1220. The Morgan fingerprint density at radius 1 is 1.10 bits per heavy atom. The molecule has 0 unspecified atom stereocenters. The Morgan fingerprint density at radius 3 is 2.62 bits per heavy atom. The maximum Gasteiger partial charge on any atom is 0.253 e. The lowest BCUT2D eigenvalue weighted by molar-refractivity contribution is 0.0964. The van der Waals surface area contributed by atoms with Crippen molar-refractivity contribution in [2.45, 2.75) is 6.92 Å². The topological polar surface area (TPSA) is 95.6 Å². The van der Waals surface area contributed by atoms with E-state index in [0.717, 1.165) is 33.9 Å². The molecule has 0 aromatic carbocycles. The van der Waals surface area contributed by atoms with Crippen LogP contribution in [0.15, 0.2) is 42.7 Å². The van der Waals surface area contributed by atoms with Gasteiger partial charge in [0, 0.05) is 48.9 Å². The minimum absolute atomic E-state index is 0.244. The van der Waals surface area contributed by atoms with Gasteiger partial charge in [0.1, 0.15) is 11.0 Å². The number of aryl methyl sites for hydroxylation is 1. The summed E-state index contributed by atoms with van der Waals surface area (Å²) in [6.07, 6.45) is 3.52. The van der Waals surface area contributed by atoms with Crippen molar-refractivity contribution in [3.05, 3.63) is 59.1 Å². The van der Waals surface area contributed by atoms with E-state index >= 15 is 0 Å². The Hall–Kier alpha value is -3.45. The molecule has 1 amide bonds. The molecule has 0 atom stereocenters. The van der Waals surface area contributed by atoms with Gasteiger partial charge in [0.2, 0.25) is 0 Å². The predicted octanol–water partition coefficient (Wildman–Crippen LogP) is 4.05. The van der Waals surface area contributed by atoms with Crippen LogP contribution in [-0.2, 0) is 0 Å². The van der Waals surface area contributed by atoms with Crippen LogP contribution in [0.25, 0.3) is 33.4 Å². The summed E-state index contributed by atoms with van der Waals surface area (Å²) in [5, 5.41) is 5.95. The number of nitrogens with one attached hydrogen (secondary N) is 3. The molecule has 0 aliphatic rings. The summed E-state index contributed by atoms with van der Waals surface area (Å²) in [4.78, 5) is 29.1. The third kappa shape index (κ3) is 3.40. The van der Waals surface area contributed by atoms with E-state index in [-0.39, 0.29) is 11.1 Å². The van der Waals surface area contributed by atoms with E-state index in [1.165, 1.54) is 0 Å². The fourth-order valence-electron chi connectivity index (χ4n) is 3.28. The molecule has 0 aliphatic carbocycles. The molecule has 4 aromatic rings. The van der Waals surface area contributed by atoms with Crippen LogP contribution in [0, 0.1) is 6.92 Å². The molecule has 7 nitrogen and oxygen atoms in total. The molecule has 8 heteroatoms. The van der Waals surface area contributed by atoms with Gasteiger partial charge in [-0.25, -0.2) is 9.97 Å². The molecule has 0 spiro atoms. The molecule has 29 heavy (non-hydrogen) atoms. The second-order valence-electron chi connectivity index (χ2n) is 6.54. The lowest BCUT2D eigenvalue weighted by Crippen LogP contribution is -2.18. The molecule has 0 radical (unpaired) electrons. The first-order valence-corrected chi connectivity index (χ1v) is 9.41. The number of pyridine rings is 3. The monoisotopic (exact) mass is 406 g/mol. The van der Waals surface area contributed by atoms with E-state index in [1.807, 2.05) is 38.2 Å². The van der Waals surface area contributed by atoms with Gasteiger partial charge in [0.15, 0.2) is 0 Å². The van der Waals surface area contributed by atoms with Gasteiger partial charge in [0.25, 0.3) is 5.91 Å². The minimum atomic E-state index is -0.244. The largest absolute Gasteiger partial charge is 0.373 e. The number of carbonyl (C=O) groups is 1. The second-order valence-corrected chi connectivity index (χ2v) is 6.93. The average molecular weight is 407 g/mol. The molecule has 0 bridgehead atoms. The van der Waals surface area contributed by atoms with Crippen LogP contribution in [0.4, 0.5) is 5.82 Å². The molecule has 4 aromatic heterocycles. The molecule has 0 saturated heterocycles. The summed E-state index contributed by atoms with van der Waals surface area (Å²) in [5.74, 6) is 0.484. The first-order chi connectivity index (χ1) is 14.0. The van der Waals surface area contributed by atoms with Crippen LogP contribution in [-0.4, -0.2) is 39.9 Å². The molecule has 0 aliphatic heterocycles. The Morgan fingerprint density at radius 2 is 1.93 bits per heavy atom. The number of amides is 1. The first kappa shape index (κ1) is 18.9. The maximum absolute atomic E-state index is 12.5. The summed E-state index contributed by atoms with van der Waals surface area (Å²) in [6, 6.07) is 9.31. The van der Waals surface area contributed by atoms with Crippen molar-refractivity contribution < 1.29 is 4.79 Å². The zero-order valence-electron chi connectivity index (χ0n) is 16.2. The smallest absolute Gasteiger partial charge is 0.253 e. The Kier molecular flexibility index (Phi) is 4.90.